The highest BCUT2D eigenvalue weighted by Gasteiger charge is 2.31. The van der Waals surface area contributed by atoms with Crippen molar-refractivity contribution in [2.75, 3.05) is 13.1 Å². The topological polar surface area (TPSA) is 57.6 Å². The largest absolute Gasteiger partial charge is 0.504 e. The van der Waals surface area contributed by atoms with E-state index in [1.54, 1.807) is 0 Å². The molecule has 128 valence electrons. The van der Waals surface area contributed by atoms with Crippen LogP contribution >= 0.6 is 15.9 Å². The van der Waals surface area contributed by atoms with Gasteiger partial charge in [0.05, 0.1) is 9.37 Å². The van der Waals surface area contributed by atoms with Gasteiger partial charge in [-0.2, -0.15) is 4.31 Å². The van der Waals surface area contributed by atoms with Crippen molar-refractivity contribution >= 4 is 26.0 Å². The summed E-state index contributed by atoms with van der Waals surface area (Å²) in [6.45, 7) is 0.782. The monoisotopic (exact) mass is 413 g/mol. The van der Waals surface area contributed by atoms with Crippen LogP contribution in [-0.4, -0.2) is 30.9 Å². The molecule has 0 amide bonds. The molecule has 0 saturated carbocycles. The number of rotatable bonds is 3. The van der Waals surface area contributed by atoms with E-state index in [9.17, 15) is 17.9 Å². The second-order valence-electron chi connectivity index (χ2n) is 5.82. The molecule has 0 radical (unpaired) electrons. The molecular formula is C17H17BrFNO3S. The molecular weight excluding hydrogens is 397 g/mol. The van der Waals surface area contributed by atoms with Gasteiger partial charge in [-0.15, -0.1) is 0 Å². The summed E-state index contributed by atoms with van der Waals surface area (Å²) in [4.78, 5) is -0.150. The Bertz CT molecular complexity index is 811. The third-order valence-electron chi connectivity index (χ3n) is 4.35. The summed E-state index contributed by atoms with van der Waals surface area (Å²) in [6.07, 6.45) is 1.45. The van der Waals surface area contributed by atoms with E-state index < -0.39 is 21.6 Å². The molecule has 7 heteroatoms. The predicted octanol–water partition coefficient (Wildman–Crippen LogP) is 3.86. The molecule has 1 N–H and O–H groups in total. The lowest BCUT2D eigenvalue weighted by Gasteiger charge is -2.31. The van der Waals surface area contributed by atoms with Crippen molar-refractivity contribution in [2.45, 2.75) is 23.7 Å². The Hall–Kier alpha value is -1.44. The molecule has 4 nitrogen and oxygen atoms in total. The Labute approximate surface area is 149 Å². The van der Waals surface area contributed by atoms with Gasteiger partial charge in [0.15, 0.2) is 11.6 Å². The molecule has 1 aliphatic heterocycles. The molecule has 3 rings (SSSR count). The van der Waals surface area contributed by atoms with Crippen molar-refractivity contribution in [3.63, 3.8) is 0 Å². The molecule has 0 aromatic heterocycles. The molecule has 24 heavy (non-hydrogen) atoms. The zero-order valence-electron chi connectivity index (χ0n) is 12.8. The highest BCUT2D eigenvalue weighted by molar-refractivity contribution is 9.10. The average Bonchev–Trinajstić information content (AvgIpc) is 2.60. The van der Waals surface area contributed by atoms with Crippen molar-refractivity contribution in [1.82, 2.24) is 4.31 Å². The van der Waals surface area contributed by atoms with E-state index in [1.807, 2.05) is 18.2 Å². The molecule has 2 aromatic carbocycles. The predicted molar refractivity (Wildman–Crippen MR) is 92.9 cm³/mol. The first-order valence-corrected chi connectivity index (χ1v) is 9.86. The number of hydrogen-bond acceptors (Lipinski definition) is 3. The number of phenols is 1. The minimum absolute atomic E-state index is 0.0280. The number of aromatic hydroxyl groups is 1. The molecule has 0 atom stereocenters. The van der Waals surface area contributed by atoms with Gasteiger partial charge in [-0.25, -0.2) is 12.8 Å². The molecule has 0 spiro atoms. The maximum absolute atomic E-state index is 13.7. The Balaban J connectivity index is 1.78. The van der Waals surface area contributed by atoms with Crippen LogP contribution < -0.4 is 0 Å². The smallest absolute Gasteiger partial charge is 0.243 e. The second-order valence-corrected chi connectivity index (χ2v) is 8.62. The van der Waals surface area contributed by atoms with Crippen LogP contribution in [0.5, 0.6) is 5.75 Å². The summed E-state index contributed by atoms with van der Waals surface area (Å²) >= 11 is 2.98. The van der Waals surface area contributed by atoms with E-state index in [1.165, 1.54) is 15.9 Å². The molecule has 1 aliphatic rings. The van der Waals surface area contributed by atoms with Crippen LogP contribution in [-0.2, 0) is 10.0 Å². The lowest BCUT2D eigenvalue weighted by atomic mass is 9.90. The van der Waals surface area contributed by atoms with Crippen LogP contribution in [0.1, 0.15) is 24.3 Å². The number of phenolic OH excluding ortho intramolecular Hbond substituents is 1. The van der Waals surface area contributed by atoms with Crippen molar-refractivity contribution in [2.24, 2.45) is 0 Å². The van der Waals surface area contributed by atoms with Gasteiger partial charge >= 0.3 is 0 Å². The van der Waals surface area contributed by atoms with E-state index in [0.717, 1.165) is 18.9 Å². The van der Waals surface area contributed by atoms with Crippen LogP contribution in [0.4, 0.5) is 4.39 Å². The fourth-order valence-corrected chi connectivity index (χ4v) is 5.09. The number of nitrogens with zero attached hydrogens (tertiary/aromatic N) is 1. The van der Waals surface area contributed by atoms with Gasteiger partial charge in [0, 0.05) is 13.1 Å². The summed E-state index contributed by atoms with van der Waals surface area (Å²) in [6, 6.07) is 12.1. The first kappa shape index (κ1) is 17.4. The molecule has 0 unspecified atom stereocenters. The Kier molecular flexibility index (Phi) is 4.94. The van der Waals surface area contributed by atoms with Gasteiger partial charge < -0.3 is 5.11 Å². The molecule has 1 fully saturated rings. The van der Waals surface area contributed by atoms with E-state index in [4.69, 9.17) is 0 Å². The number of piperidine rings is 1. The van der Waals surface area contributed by atoms with Crippen molar-refractivity contribution < 1.29 is 17.9 Å². The highest BCUT2D eigenvalue weighted by Crippen LogP contribution is 2.34. The standard InChI is InChI=1S/C17H17BrFNO3S/c18-15-10-14(11-16(19)17(15)21)24(22,23)20-8-6-13(7-9-20)12-4-2-1-3-5-12/h1-5,10-11,13,21H,6-9H2. The molecule has 2 aromatic rings. The lowest BCUT2D eigenvalue weighted by molar-refractivity contribution is 0.319. The van der Waals surface area contributed by atoms with Gasteiger partial charge in [-0.05, 0) is 52.4 Å². The first-order valence-electron chi connectivity index (χ1n) is 7.62. The Morgan fingerprint density at radius 1 is 1.12 bits per heavy atom. The van der Waals surface area contributed by atoms with Gasteiger partial charge in [0.1, 0.15) is 0 Å². The van der Waals surface area contributed by atoms with Gasteiger partial charge in [0.2, 0.25) is 10.0 Å². The Morgan fingerprint density at radius 3 is 2.33 bits per heavy atom. The number of hydrogen-bond donors (Lipinski definition) is 1. The summed E-state index contributed by atoms with van der Waals surface area (Å²) < 4.78 is 40.5. The van der Waals surface area contributed by atoms with Crippen LogP contribution in [0.15, 0.2) is 51.8 Å². The number of halogens is 2. The third kappa shape index (κ3) is 3.34. The number of sulfonamides is 1. The number of benzene rings is 2. The normalized spacial score (nSPS) is 17.1. The van der Waals surface area contributed by atoms with Crippen LogP contribution in [0.25, 0.3) is 0 Å². The van der Waals surface area contributed by atoms with Crippen molar-refractivity contribution in [1.29, 1.82) is 0 Å². The fraction of sp³-hybridized carbons (Fsp3) is 0.294. The minimum Gasteiger partial charge on any atom is -0.504 e. The van der Waals surface area contributed by atoms with Crippen molar-refractivity contribution in [3.8, 4) is 5.75 Å². The van der Waals surface area contributed by atoms with Crippen LogP contribution in [0.3, 0.4) is 0 Å². The van der Waals surface area contributed by atoms with Gasteiger partial charge in [-0.3, -0.25) is 0 Å². The Morgan fingerprint density at radius 2 is 1.75 bits per heavy atom. The minimum atomic E-state index is -3.78. The zero-order chi connectivity index (χ0) is 17.3. The molecule has 1 heterocycles. The van der Waals surface area contributed by atoms with Gasteiger partial charge in [-0.1, -0.05) is 30.3 Å². The SMILES string of the molecule is O=S(=O)(c1cc(F)c(O)c(Br)c1)N1CCC(c2ccccc2)CC1. The van der Waals surface area contributed by atoms with Crippen LogP contribution in [0.2, 0.25) is 0 Å². The lowest BCUT2D eigenvalue weighted by Crippen LogP contribution is -2.37. The van der Waals surface area contributed by atoms with Crippen LogP contribution in [0, 0.1) is 5.82 Å². The molecule has 1 saturated heterocycles. The third-order valence-corrected chi connectivity index (χ3v) is 6.83. The van der Waals surface area contributed by atoms with E-state index in [2.05, 4.69) is 28.1 Å². The van der Waals surface area contributed by atoms with E-state index >= 15 is 0 Å². The van der Waals surface area contributed by atoms with Crippen molar-refractivity contribution in [3.05, 3.63) is 58.3 Å². The molecule has 0 aliphatic carbocycles. The average molecular weight is 414 g/mol. The quantitative estimate of drug-likeness (QED) is 0.830. The summed E-state index contributed by atoms with van der Waals surface area (Å²) in [5.41, 5.74) is 1.22. The summed E-state index contributed by atoms with van der Waals surface area (Å²) in [7, 11) is -3.78. The first-order chi connectivity index (χ1) is 11.4. The van der Waals surface area contributed by atoms with E-state index in [0.29, 0.717) is 19.0 Å². The fourth-order valence-electron chi connectivity index (χ4n) is 2.99. The zero-order valence-corrected chi connectivity index (χ0v) is 15.2. The maximum atomic E-state index is 13.7. The van der Waals surface area contributed by atoms with Gasteiger partial charge in [0.25, 0.3) is 0 Å². The van der Waals surface area contributed by atoms with E-state index in [-0.39, 0.29) is 9.37 Å². The maximum Gasteiger partial charge on any atom is 0.243 e. The second kappa shape index (κ2) is 6.82. The molecule has 0 bridgehead atoms. The summed E-state index contributed by atoms with van der Waals surface area (Å²) in [5.74, 6) is -1.21. The highest BCUT2D eigenvalue weighted by atomic mass is 79.9. The summed E-state index contributed by atoms with van der Waals surface area (Å²) in [5, 5.41) is 9.44.